The first-order chi connectivity index (χ1) is 8.51. The zero-order valence-corrected chi connectivity index (χ0v) is 13.4. The van der Waals surface area contributed by atoms with Crippen LogP contribution in [-0.4, -0.2) is 36.1 Å². The van der Waals surface area contributed by atoms with Crippen molar-refractivity contribution in [2.45, 2.75) is 78.9 Å². The first-order valence-corrected chi connectivity index (χ1v) is 8.00. The summed E-state index contributed by atoms with van der Waals surface area (Å²) in [6.45, 7) is 16.6. The molecule has 0 aromatic carbocycles. The summed E-state index contributed by atoms with van der Waals surface area (Å²) >= 11 is 0. The monoisotopic (exact) mass is 254 g/mol. The van der Waals surface area contributed by atoms with Gasteiger partial charge in [-0.25, -0.2) is 0 Å². The number of nitrogens with zero attached hydrogens (tertiary/aromatic N) is 1. The molecule has 2 heteroatoms. The highest BCUT2D eigenvalue weighted by Crippen LogP contribution is 2.29. The molecular weight excluding hydrogens is 220 g/mol. The van der Waals surface area contributed by atoms with Crippen molar-refractivity contribution in [2.24, 2.45) is 11.8 Å². The summed E-state index contributed by atoms with van der Waals surface area (Å²) < 4.78 is 0. The van der Waals surface area contributed by atoms with E-state index in [2.05, 4.69) is 51.8 Å². The molecule has 0 amide bonds. The maximum Gasteiger partial charge on any atom is 0.0224 e. The molecule has 0 radical (unpaired) electrons. The van der Waals surface area contributed by atoms with Gasteiger partial charge in [0.1, 0.15) is 0 Å². The molecule has 108 valence electrons. The normalized spacial score (nSPS) is 33.3. The number of hydrogen-bond acceptors (Lipinski definition) is 2. The van der Waals surface area contributed by atoms with Crippen molar-refractivity contribution >= 4 is 0 Å². The third-order valence-corrected chi connectivity index (χ3v) is 4.85. The van der Waals surface area contributed by atoms with Crippen LogP contribution >= 0.6 is 0 Å². The topological polar surface area (TPSA) is 15.3 Å². The number of piperidine rings is 1. The van der Waals surface area contributed by atoms with Crippen LogP contribution in [0.4, 0.5) is 0 Å². The second kappa shape index (κ2) is 7.49. The molecule has 5 atom stereocenters. The maximum absolute atomic E-state index is 3.72. The Bertz CT molecular complexity index is 229. The first kappa shape index (κ1) is 16.0. The molecule has 1 rings (SSSR count). The predicted octanol–water partition coefficient (Wildman–Crippen LogP) is 3.52. The highest BCUT2D eigenvalue weighted by atomic mass is 15.2. The fourth-order valence-electron chi connectivity index (χ4n) is 3.51. The van der Waals surface area contributed by atoms with Crippen molar-refractivity contribution in [3.63, 3.8) is 0 Å². The van der Waals surface area contributed by atoms with Gasteiger partial charge in [-0.3, -0.25) is 4.90 Å². The fraction of sp³-hybridized carbons (Fsp3) is 1.00. The standard InChI is InChI=1S/C16H34N2/c1-7-9-17-16(8-2)15(6)18-11-12(3)10-13(4)14(18)5/h12-17H,7-11H2,1-6H3. The van der Waals surface area contributed by atoms with Crippen molar-refractivity contribution in [3.8, 4) is 0 Å². The van der Waals surface area contributed by atoms with Gasteiger partial charge in [0.25, 0.3) is 0 Å². The summed E-state index contributed by atoms with van der Waals surface area (Å²) in [4.78, 5) is 2.75. The van der Waals surface area contributed by atoms with Gasteiger partial charge in [0, 0.05) is 24.7 Å². The molecular formula is C16H34N2. The highest BCUT2D eigenvalue weighted by Gasteiger charge is 2.33. The number of nitrogens with one attached hydrogen (secondary N) is 1. The Balaban J connectivity index is 2.64. The minimum atomic E-state index is 0.643. The summed E-state index contributed by atoms with van der Waals surface area (Å²) in [7, 11) is 0. The lowest BCUT2D eigenvalue weighted by atomic mass is 9.84. The maximum atomic E-state index is 3.72. The lowest BCUT2D eigenvalue weighted by Gasteiger charge is -2.46. The van der Waals surface area contributed by atoms with Crippen LogP contribution in [0.15, 0.2) is 0 Å². The molecule has 1 fully saturated rings. The minimum absolute atomic E-state index is 0.643. The van der Waals surface area contributed by atoms with Gasteiger partial charge in [-0.1, -0.05) is 27.7 Å². The summed E-state index contributed by atoms with van der Waals surface area (Å²) in [6.07, 6.45) is 3.85. The van der Waals surface area contributed by atoms with Gasteiger partial charge in [0.05, 0.1) is 0 Å². The third-order valence-electron chi connectivity index (χ3n) is 4.85. The van der Waals surface area contributed by atoms with Gasteiger partial charge in [0.15, 0.2) is 0 Å². The van der Waals surface area contributed by atoms with Crippen LogP contribution in [0.2, 0.25) is 0 Å². The molecule has 1 N–H and O–H groups in total. The van der Waals surface area contributed by atoms with E-state index in [1.54, 1.807) is 0 Å². The van der Waals surface area contributed by atoms with Crippen molar-refractivity contribution < 1.29 is 0 Å². The van der Waals surface area contributed by atoms with Crippen LogP contribution < -0.4 is 5.32 Å². The van der Waals surface area contributed by atoms with Gasteiger partial charge in [-0.15, -0.1) is 0 Å². The Labute approximate surface area is 115 Å². The van der Waals surface area contributed by atoms with E-state index in [0.717, 1.165) is 24.4 Å². The fourth-order valence-corrected chi connectivity index (χ4v) is 3.51. The molecule has 0 bridgehead atoms. The average Bonchev–Trinajstić information content (AvgIpc) is 2.34. The van der Waals surface area contributed by atoms with E-state index < -0.39 is 0 Å². The lowest BCUT2D eigenvalue weighted by molar-refractivity contribution is 0.0314. The molecule has 0 aliphatic carbocycles. The molecule has 1 saturated heterocycles. The molecule has 1 aliphatic heterocycles. The van der Waals surface area contributed by atoms with Crippen LogP contribution in [0.5, 0.6) is 0 Å². The smallest absolute Gasteiger partial charge is 0.0224 e. The van der Waals surface area contributed by atoms with Crippen LogP contribution in [0.1, 0.15) is 60.8 Å². The summed E-state index contributed by atoms with van der Waals surface area (Å²) in [5, 5.41) is 3.72. The molecule has 1 aliphatic rings. The summed E-state index contributed by atoms with van der Waals surface area (Å²) in [6, 6.07) is 2.03. The Morgan fingerprint density at radius 2 is 1.89 bits per heavy atom. The Hall–Kier alpha value is -0.0800. The number of likely N-dealkylation sites (tertiary alicyclic amines) is 1. The second-order valence-corrected chi connectivity index (χ2v) is 6.47. The van der Waals surface area contributed by atoms with E-state index in [0.29, 0.717) is 12.1 Å². The SMILES string of the molecule is CCCNC(CC)C(C)N1CC(C)CC(C)C1C. The molecule has 5 unspecified atom stereocenters. The van der Waals surface area contributed by atoms with Crippen LogP contribution in [0, 0.1) is 11.8 Å². The second-order valence-electron chi connectivity index (χ2n) is 6.47. The van der Waals surface area contributed by atoms with Crippen LogP contribution in [0.3, 0.4) is 0 Å². The van der Waals surface area contributed by atoms with Crippen LogP contribution in [0.25, 0.3) is 0 Å². The van der Waals surface area contributed by atoms with E-state index in [4.69, 9.17) is 0 Å². The average molecular weight is 254 g/mol. The molecule has 0 aromatic heterocycles. The Morgan fingerprint density at radius 3 is 2.44 bits per heavy atom. The van der Waals surface area contributed by atoms with Crippen molar-refractivity contribution in [1.82, 2.24) is 10.2 Å². The molecule has 0 saturated carbocycles. The summed E-state index contributed by atoms with van der Waals surface area (Å²) in [5.74, 6) is 1.68. The Morgan fingerprint density at radius 1 is 1.22 bits per heavy atom. The predicted molar refractivity (Wildman–Crippen MR) is 80.9 cm³/mol. The molecule has 18 heavy (non-hydrogen) atoms. The zero-order chi connectivity index (χ0) is 13.7. The van der Waals surface area contributed by atoms with E-state index >= 15 is 0 Å². The zero-order valence-electron chi connectivity index (χ0n) is 13.4. The summed E-state index contributed by atoms with van der Waals surface area (Å²) in [5.41, 5.74) is 0. The van der Waals surface area contributed by atoms with Crippen molar-refractivity contribution in [2.75, 3.05) is 13.1 Å². The first-order valence-electron chi connectivity index (χ1n) is 8.00. The molecule has 0 aromatic rings. The molecule has 2 nitrogen and oxygen atoms in total. The highest BCUT2D eigenvalue weighted by molar-refractivity contribution is 4.89. The largest absolute Gasteiger partial charge is 0.312 e. The van der Waals surface area contributed by atoms with Gasteiger partial charge < -0.3 is 5.32 Å². The molecule has 1 heterocycles. The lowest BCUT2D eigenvalue weighted by Crippen LogP contribution is -2.56. The van der Waals surface area contributed by atoms with E-state index in [9.17, 15) is 0 Å². The van der Waals surface area contributed by atoms with E-state index in [1.807, 2.05) is 0 Å². The number of hydrogen-bond donors (Lipinski definition) is 1. The molecule has 0 spiro atoms. The quantitative estimate of drug-likeness (QED) is 0.780. The van der Waals surface area contributed by atoms with Crippen molar-refractivity contribution in [1.29, 1.82) is 0 Å². The van der Waals surface area contributed by atoms with E-state index in [1.165, 1.54) is 25.8 Å². The Kier molecular flexibility index (Phi) is 6.65. The van der Waals surface area contributed by atoms with Gasteiger partial charge in [-0.05, 0) is 51.5 Å². The third kappa shape index (κ3) is 3.96. The van der Waals surface area contributed by atoms with Crippen molar-refractivity contribution in [3.05, 3.63) is 0 Å². The van der Waals surface area contributed by atoms with Gasteiger partial charge in [-0.2, -0.15) is 0 Å². The minimum Gasteiger partial charge on any atom is -0.312 e. The van der Waals surface area contributed by atoms with Crippen LogP contribution in [-0.2, 0) is 0 Å². The van der Waals surface area contributed by atoms with Gasteiger partial charge >= 0.3 is 0 Å². The van der Waals surface area contributed by atoms with Gasteiger partial charge in [0.2, 0.25) is 0 Å². The van der Waals surface area contributed by atoms with E-state index in [-0.39, 0.29) is 0 Å². The number of rotatable bonds is 6.